The van der Waals surface area contributed by atoms with Crippen molar-refractivity contribution in [1.82, 2.24) is 9.80 Å². The van der Waals surface area contributed by atoms with Crippen molar-refractivity contribution in [2.75, 3.05) is 13.6 Å². The third kappa shape index (κ3) is 1.97. The number of hydrogen-bond donors (Lipinski definition) is 1. The van der Waals surface area contributed by atoms with Gasteiger partial charge in [0.25, 0.3) is 0 Å². The lowest BCUT2D eigenvalue weighted by molar-refractivity contribution is -0.131. The first-order valence-electron chi connectivity index (χ1n) is 6.92. The maximum atomic E-state index is 11.9. The summed E-state index contributed by atoms with van der Waals surface area (Å²) in [6.07, 6.45) is 6.84. The average Bonchev–Trinajstić information content (AvgIpc) is 2.57. The number of rotatable bonds is 1. The molecule has 0 aromatic heterocycles. The highest BCUT2D eigenvalue weighted by atomic mass is 16.2. The van der Waals surface area contributed by atoms with Gasteiger partial charge in [-0.15, -0.1) is 0 Å². The summed E-state index contributed by atoms with van der Waals surface area (Å²) >= 11 is 0. The van der Waals surface area contributed by atoms with Crippen molar-refractivity contribution in [1.29, 1.82) is 0 Å². The van der Waals surface area contributed by atoms with E-state index in [2.05, 4.69) is 16.8 Å². The highest BCUT2D eigenvalue weighted by Gasteiger charge is 2.41. The van der Waals surface area contributed by atoms with E-state index in [0.29, 0.717) is 24.5 Å². The molecule has 4 nitrogen and oxygen atoms in total. The molecule has 1 amide bonds. The van der Waals surface area contributed by atoms with Crippen molar-refractivity contribution in [3.8, 4) is 0 Å². The summed E-state index contributed by atoms with van der Waals surface area (Å²) in [5.74, 6) is 0.283. The Balaban J connectivity index is 1.71. The maximum absolute atomic E-state index is 11.9. The molecule has 2 N–H and O–H groups in total. The molecule has 0 aromatic rings. The fourth-order valence-electron chi connectivity index (χ4n) is 3.95. The van der Waals surface area contributed by atoms with Gasteiger partial charge in [0.2, 0.25) is 5.91 Å². The van der Waals surface area contributed by atoms with Crippen LogP contribution < -0.4 is 5.73 Å². The number of fused-ring (bicyclic) bond motifs is 2. The molecule has 3 rings (SSSR count). The summed E-state index contributed by atoms with van der Waals surface area (Å²) < 4.78 is 0. The van der Waals surface area contributed by atoms with Gasteiger partial charge in [0, 0.05) is 37.1 Å². The Morgan fingerprint density at radius 3 is 2.35 bits per heavy atom. The molecule has 3 fully saturated rings. The van der Waals surface area contributed by atoms with Crippen molar-refractivity contribution in [3.63, 3.8) is 0 Å². The molecule has 0 spiro atoms. The van der Waals surface area contributed by atoms with Gasteiger partial charge in [-0.05, 0) is 32.7 Å². The van der Waals surface area contributed by atoms with E-state index < -0.39 is 0 Å². The Morgan fingerprint density at radius 1 is 1.18 bits per heavy atom. The van der Waals surface area contributed by atoms with Crippen LogP contribution in [0.2, 0.25) is 0 Å². The van der Waals surface area contributed by atoms with Gasteiger partial charge in [0.1, 0.15) is 0 Å². The Kier molecular flexibility index (Phi) is 2.87. The van der Waals surface area contributed by atoms with Gasteiger partial charge in [0.15, 0.2) is 0 Å². The summed E-state index contributed by atoms with van der Waals surface area (Å²) in [7, 11) is 2.25. The minimum Gasteiger partial charge on any atom is -0.338 e. The van der Waals surface area contributed by atoms with E-state index in [9.17, 15) is 4.79 Å². The first-order valence-corrected chi connectivity index (χ1v) is 6.92. The number of nitrogens with zero attached hydrogens (tertiary/aromatic N) is 2. The van der Waals surface area contributed by atoms with Crippen LogP contribution in [-0.2, 0) is 4.79 Å². The van der Waals surface area contributed by atoms with Crippen LogP contribution in [-0.4, -0.2) is 53.5 Å². The monoisotopic (exact) mass is 237 g/mol. The minimum absolute atomic E-state index is 0.0713. The second-order valence-electron chi connectivity index (χ2n) is 6.04. The molecule has 3 aliphatic rings. The van der Waals surface area contributed by atoms with Crippen LogP contribution in [0.3, 0.4) is 0 Å². The predicted octanol–water partition coefficient (Wildman–Crippen LogP) is 0.561. The van der Waals surface area contributed by atoms with Crippen LogP contribution in [0.4, 0.5) is 0 Å². The first-order chi connectivity index (χ1) is 8.15. The van der Waals surface area contributed by atoms with E-state index in [4.69, 9.17) is 5.73 Å². The normalized spacial score (nSPS) is 43.2. The van der Waals surface area contributed by atoms with Gasteiger partial charge in [-0.2, -0.15) is 0 Å². The molecule has 0 radical (unpaired) electrons. The number of hydrogen-bond acceptors (Lipinski definition) is 3. The lowest BCUT2D eigenvalue weighted by Crippen LogP contribution is -2.55. The van der Waals surface area contributed by atoms with Crippen LogP contribution in [0, 0.1) is 0 Å². The second kappa shape index (κ2) is 4.25. The van der Waals surface area contributed by atoms with E-state index in [1.165, 1.54) is 19.3 Å². The third-order valence-corrected chi connectivity index (χ3v) is 4.94. The Labute approximate surface area is 103 Å². The van der Waals surface area contributed by atoms with Crippen LogP contribution in [0.1, 0.15) is 38.5 Å². The summed E-state index contributed by atoms with van der Waals surface area (Å²) in [6.45, 7) is 0.784. The number of amides is 1. The van der Waals surface area contributed by atoms with E-state index in [1.807, 2.05) is 0 Å². The first kappa shape index (κ1) is 11.5. The standard InChI is InChI=1S/C13H23N3O/c1-15-10-3-2-4-11(15)7-12(6-10)16-8-9(14)5-13(16)17/h9-12H,2-8,14H2,1H3/t9?,10-,11+,12?. The fraction of sp³-hybridized carbons (Fsp3) is 0.923. The van der Waals surface area contributed by atoms with Gasteiger partial charge in [-0.25, -0.2) is 0 Å². The molecule has 3 aliphatic heterocycles. The molecular weight excluding hydrogens is 214 g/mol. The third-order valence-electron chi connectivity index (χ3n) is 4.94. The quantitative estimate of drug-likeness (QED) is 0.725. The van der Waals surface area contributed by atoms with Crippen LogP contribution in [0.5, 0.6) is 0 Å². The smallest absolute Gasteiger partial charge is 0.224 e. The van der Waals surface area contributed by atoms with Crippen molar-refractivity contribution < 1.29 is 4.79 Å². The fourth-order valence-corrected chi connectivity index (χ4v) is 3.95. The summed E-state index contributed by atoms with van der Waals surface area (Å²) in [4.78, 5) is 16.5. The SMILES string of the molecule is CN1[C@@H]2CCC[C@H]1CC(N1CC(N)CC1=O)C2. The molecule has 0 saturated carbocycles. The van der Waals surface area contributed by atoms with Gasteiger partial charge >= 0.3 is 0 Å². The zero-order valence-corrected chi connectivity index (χ0v) is 10.6. The van der Waals surface area contributed by atoms with Crippen LogP contribution in [0.15, 0.2) is 0 Å². The summed E-state index contributed by atoms with van der Waals surface area (Å²) in [5.41, 5.74) is 5.89. The number of nitrogens with two attached hydrogens (primary N) is 1. The summed E-state index contributed by atoms with van der Waals surface area (Å²) in [5, 5.41) is 0. The Bertz CT molecular complexity index is 306. The second-order valence-corrected chi connectivity index (χ2v) is 6.04. The molecular formula is C13H23N3O. The van der Waals surface area contributed by atoms with Gasteiger partial charge in [0.05, 0.1) is 0 Å². The number of carbonyl (C=O) groups is 1. The van der Waals surface area contributed by atoms with E-state index in [1.54, 1.807) is 0 Å². The largest absolute Gasteiger partial charge is 0.338 e. The Hall–Kier alpha value is -0.610. The van der Waals surface area contributed by atoms with Crippen molar-refractivity contribution >= 4 is 5.91 Å². The molecule has 4 atom stereocenters. The molecule has 2 bridgehead atoms. The van der Waals surface area contributed by atoms with E-state index in [0.717, 1.165) is 19.4 Å². The maximum Gasteiger partial charge on any atom is 0.224 e. The van der Waals surface area contributed by atoms with Crippen molar-refractivity contribution in [3.05, 3.63) is 0 Å². The van der Waals surface area contributed by atoms with Gasteiger partial charge < -0.3 is 15.5 Å². The molecule has 96 valence electrons. The lowest BCUT2D eigenvalue weighted by atomic mass is 9.82. The number of carbonyl (C=O) groups excluding carboxylic acids is 1. The minimum atomic E-state index is 0.0713. The molecule has 3 saturated heterocycles. The van der Waals surface area contributed by atoms with E-state index in [-0.39, 0.29) is 11.9 Å². The topological polar surface area (TPSA) is 49.6 Å². The Morgan fingerprint density at radius 2 is 1.82 bits per heavy atom. The highest BCUT2D eigenvalue weighted by Crippen LogP contribution is 2.35. The molecule has 17 heavy (non-hydrogen) atoms. The zero-order valence-electron chi connectivity index (χ0n) is 10.6. The summed E-state index contributed by atoms with van der Waals surface area (Å²) in [6, 6.07) is 1.92. The van der Waals surface area contributed by atoms with Crippen LogP contribution in [0.25, 0.3) is 0 Å². The van der Waals surface area contributed by atoms with Crippen molar-refractivity contribution in [2.45, 2.75) is 62.7 Å². The van der Waals surface area contributed by atoms with Crippen LogP contribution >= 0.6 is 0 Å². The van der Waals surface area contributed by atoms with Gasteiger partial charge in [-0.1, -0.05) is 6.42 Å². The molecule has 2 unspecified atom stereocenters. The lowest BCUT2D eigenvalue weighted by Gasteiger charge is -2.49. The average molecular weight is 237 g/mol. The number of likely N-dealkylation sites (tertiary alicyclic amines) is 1. The van der Waals surface area contributed by atoms with Gasteiger partial charge in [-0.3, -0.25) is 4.79 Å². The van der Waals surface area contributed by atoms with E-state index >= 15 is 0 Å². The molecule has 0 aliphatic carbocycles. The molecule has 3 heterocycles. The molecule has 0 aromatic carbocycles. The molecule has 4 heteroatoms. The van der Waals surface area contributed by atoms with Crippen molar-refractivity contribution in [2.24, 2.45) is 5.73 Å². The predicted molar refractivity (Wildman–Crippen MR) is 66.5 cm³/mol. The highest BCUT2D eigenvalue weighted by molar-refractivity contribution is 5.79. The number of piperidine rings is 2. The zero-order chi connectivity index (χ0) is 12.0.